The molecule has 2 aromatic rings. The molecule has 0 amide bonds. The van der Waals surface area contributed by atoms with Crippen molar-refractivity contribution < 1.29 is 13.3 Å². The van der Waals surface area contributed by atoms with Crippen LogP contribution in [0.25, 0.3) is 0 Å². The van der Waals surface area contributed by atoms with Crippen LogP contribution < -0.4 is 4.90 Å². The van der Waals surface area contributed by atoms with Crippen molar-refractivity contribution in [2.45, 2.75) is 18.4 Å². The van der Waals surface area contributed by atoms with E-state index in [1.165, 1.54) is 28.6 Å². The third-order valence-corrected chi connectivity index (χ3v) is 5.81. The molecule has 25 heavy (non-hydrogen) atoms. The average Bonchev–Trinajstić information content (AvgIpc) is 2.59. The lowest BCUT2D eigenvalue weighted by atomic mass is 10.2. The normalized spacial score (nSPS) is 11.5. The fraction of sp³-hybridized carbons (Fsp3) is 0.294. The molecule has 0 atom stereocenters. The molecule has 134 valence electrons. The Labute approximate surface area is 147 Å². The predicted molar refractivity (Wildman–Crippen MR) is 97.1 cm³/mol. The van der Waals surface area contributed by atoms with Crippen molar-refractivity contribution in [1.82, 2.24) is 4.31 Å². The van der Waals surface area contributed by atoms with Crippen molar-refractivity contribution in [2.24, 2.45) is 0 Å². The Bertz CT molecular complexity index is 848. The molecule has 0 saturated carbocycles. The van der Waals surface area contributed by atoms with Gasteiger partial charge in [-0.25, -0.2) is 8.42 Å². The highest BCUT2D eigenvalue weighted by molar-refractivity contribution is 7.89. The second-order valence-electron chi connectivity index (χ2n) is 5.72. The lowest BCUT2D eigenvalue weighted by Gasteiger charge is -2.21. The van der Waals surface area contributed by atoms with Gasteiger partial charge in [-0.1, -0.05) is 31.2 Å². The number of nitrogens with zero attached hydrogens (tertiary/aromatic N) is 3. The third-order valence-electron chi connectivity index (χ3n) is 3.84. The van der Waals surface area contributed by atoms with Crippen LogP contribution in [0, 0.1) is 10.1 Å². The molecule has 0 aromatic heterocycles. The minimum absolute atomic E-state index is 0.151. The van der Waals surface area contributed by atoms with Gasteiger partial charge in [0.2, 0.25) is 10.0 Å². The van der Waals surface area contributed by atoms with Crippen molar-refractivity contribution >= 4 is 21.4 Å². The lowest BCUT2D eigenvalue weighted by Crippen LogP contribution is -2.31. The maximum Gasteiger partial charge on any atom is 0.289 e. The molecule has 0 N–H and O–H groups in total. The number of rotatable bonds is 7. The fourth-order valence-electron chi connectivity index (χ4n) is 2.44. The summed E-state index contributed by atoms with van der Waals surface area (Å²) in [5.74, 6) is 0. The Kier molecular flexibility index (Phi) is 5.76. The van der Waals surface area contributed by atoms with E-state index in [-0.39, 0.29) is 18.0 Å². The summed E-state index contributed by atoms with van der Waals surface area (Å²) in [5, 5.41) is 11.2. The number of benzene rings is 2. The molecule has 0 radical (unpaired) electrons. The van der Waals surface area contributed by atoms with Gasteiger partial charge in [0.05, 0.1) is 4.92 Å². The quantitative estimate of drug-likeness (QED) is 0.558. The van der Waals surface area contributed by atoms with Crippen LogP contribution in [0.5, 0.6) is 0 Å². The van der Waals surface area contributed by atoms with Crippen LogP contribution in [0.3, 0.4) is 0 Å². The molecular weight excluding hydrogens is 342 g/mol. The summed E-state index contributed by atoms with van der Waals surface area (Å²) < 4.78 is 27.0. The molecule has 0 saturated heterocycles. The first-order valence-corrected chi connectivity index (χ1v) is 9.21. The highest BCUT2D eigenvalue weighted by atomic mass is 32.2. The highest BCUT2D eigenvalue weighted by Crippen LogP contribution is 2.27. The standard InChI is InChI=1S/C17H21N3O4S/c1-4-19(13-14-9-11-15(12-10-14)18(2)3)25(23,24)17-8-6-5-7-16(17)20(21)22/h5-12H,4,13H2,1-3H3. The number of nitro benzene ring substituents is 1. The Balaban J connectivity index is 2.35. The average molecular weight is 363 g/mol. The summed E-state index contributed by atoms with van der Waals surface area (Å²) in [7, 11) is -0.124. The van der Waals surface area contributed by atoms with E-state index in [9.17, 15) is 18.5 Å². The van der Waals surface area contributed by atoms with E-state index < -0.39 is 20.6 Å². The Morgan fingerprint density at radius 2 is 1.64 bits per heavy atom. The minimum atomic E-state index is -3.97. The van der Waals surface area contributed by atoms with Crippen LogP contribution in [0.4, 0.5) is 11.4 Å². The second-order valence-corrected chi connectivity index (χ2v) is 7.62. The van der Waals surface area contributed by atoms with Gasteiger partial charge in [0.15, 0.2) is 4.90 Å². The van der Waals surface area contributed by atoms with Crippen LogP contribution in [-0.2, 0) is 16.6 Å². The number of nitro groups is 1. The van der Waals surface area contributed by atoms with Crippen molar-refractivity contribution in [2.75, 3.05) is 25.5 Å². The predicted octanol–water partition coefficient (Wildman–Crippen LogP) is 2.87. The van der Waals surface area contributed by atoms with Gasteiger partial charge in [0.1, 0.15) is 0 Å². The summed E-state index contributed by atoms with van der Waals surface area (Å²) in [4.78, 5) is 12.1. The molecule has 0 heterocycles. The zero-order chi connectivity index (χ0) is 18.6. The van der Waals surface area contributed by atoms with Crippen molar-refractivity contribution in [3.05, 3.63) is 64.2 Å². The van der Waals surface area contributed by atoms with Gasteiger partial charge in [-0.2, -0.15) is 4.31 Å². The van der Waals surface area contributed by atoms with Crippen LogP contribution in [0.2, 0.25) is 0 Å². The summed E-state index contributed by atoms with van der Waals surface area (Å²) in [5.41, 5.74) is 1.41. The van der Waals surface area contributed by atoms with E-state index in [4.69, 9.17) is 0 Å². The molecule has 0 spiro atoms. The van der Waals surface area contributed by atoms with E-state index in [0.717, 1.165) is 11.3 Å². The number of para-hydroxylation sites is 1. The smallest absolute Gasteiger partial charge is 0.289 e. The number of sulfonamides is 1. The summed E-state index contributed by atoms with van der Waals surface area (Å²) in [6.07, 6.45) is 0. The first kappa shape index (κ1) is 18.9. The molecular formula is C17H21N3O4S. The molecule has 0 aliphatic carbocycles. The lowest BCUT2D eigenvalue weighted by molar-refractivity contribution is -0.387. The fourth-order valence-corrected chi connectivity index (χ4v) is 4.03. The van der Waals surface area contributed by atoms with E-state index in [0.29, 0.717) is 0 Å². The Morgan fingerprint density at radius 3 is 2.16 bits per heavy atom. The topological polar surface area (TPSA) is 83.8 Å². The van der Waals surface area contributed by atoms with Gasteiger partial charge < -0.3 is 4.90 Å². The van der Waals surface area contributed by atoms with Crippen molar-refractivity contribution in [3.8, 4) is 0 Å². The summed E-state index contributed by atoms with van der Waals surface area (Å²) in [6, 6.07) is 12.9. The molecule has 0 bridgehead atoms. The van der Waals surface area contributed by atoms with Crippen molar-refractivity contribution in [3.63, 3.8) is 0 Å². The number of anilines is 1. The van der Waals surface area contributed by atoms with Gasteiger partial charge in [0.25, 0.3) is 5.69 Å². The SMILES string of the molecule is CCN(Cc1ccc(N(C)C)cc1)S(=O)(=O)c1ccccc1[N+](=O)[O-]. The Hall–Kier alpha value is -2.45. The molecule has 2 rings (SSSR count). The third kappa shape index (κ3) is 4.15. The van der Waals surface area contributed by atoms with Gasteiger partial charge in [-0.3, -0.25) is 10.1 Å². The molecule has 2 aromatic carbocycles. The summed E-state index contributed by atoms with van der Waals surface area (Å²) >= 11 is 0. The van der Waals surface area contributed by atoms with Crippen LogP contribution in [-0.4, -0.2) is 38.3 Å². The van der Waals surface area contributed by atoms with E-state index in [2.05, 4.69) is 0 Å². The number of hydrogen-bond donors (Lipinski definition) is 0. The van der Waals surface area contributed by atoms with E-state index in [1.54, 1.807) is 6.92 Å². The molecule has 0 aliphatic rings. The van der Waals surface area contributed by atoms with Crippen LogP contribution >= 0.6 is 0 Å². The first-order valence-electron chi connectivity index (χ1n) is 7.77. The monoisotopic (exact) mass is 363 g/mol. The zero-order valence-electron chi connectivity index (χ0n) is 14.4. The number of hydrogen-bond acceptors (Lipinski definition) is 5. The van der Waals surface area contributed by atoms with Crippen molar-refractivity contribution in [1.29, 1.82) is 0 Å². The zero-order valence-corrected chi connectivity index (χ0v) is 15.2. The van der Waals surface area contributed by atoms with Gasteiger partial charge >= 0.3 is 0 Å². The molecule has 0 fully saturated rings. The van der Waals surface area contributed by atoms with Gasteiger partial charge in [-0.05, 0) is 23.8 Å². The van der Waals surface area contributed by atoms with Crippen LogP contribution in [0.1, 0.15) is 12.5 Å². The maximum atomic E-state index is 12.9. The van der Waals surface area contributed by atoms with Crippen LogP contribution in [0.15, 0.2) is 53.4 Å². The molecule has 0 aliphatic heterocycles. The van der Waals surface area contributed by atoms with Gasteiger partial charge in [0, 0.05) is 38.9 Å². The van der Waals surface area contributed by atoms with Gasteiger partial charge in [-0.15, -0.1) is 0 Å². The molecule has 8 heteroatoms. The van der Waals surface area contributed by atoms with E-state index in [1.807, 2.05) is 43.3 Å². The second kappa shape index (κ2) is 7.62. The largest absolute Gasteiger partial charge is 0.378 e. The minimum Gasteiger partial charge on any atom is -0.378 e. The first-order chi connectivity index (χ1) is 11.8. The molecule has 7 nitrogen and oxygen atoms in total. The maximum absolute atomic E-state index is 12.9. The highest BCUT2D eigenvalue weighted by Gasteiger charge is 2.30. The molecule has 0 unspecified atom stereocenters. The van der Waals surface area contributed by atoms with E-state index >= 15 is 0 Å². The summed E-state index contributed by atoms with van der Waals surface area (Å²) in [6.45, 7) is 2.07. The Morgan fingerprint density at radius 1 is 1.04 bits per heavy atom.